The highest BCUT2D eigenvalue weighted by Crippen LogP contribution is 2.28. The Bertz CT molecular complexity index is 2870. The van der Waals surface area contributed by atoms with Crippen molar-refractivity contribution in [2.45, 2.75) is 18.6 Å². The molecule has 10 N–H and O–H groups in total. The molecule has 0 saturated heterocycles. The smallest absolute Gasteiger partial charge is 0.276 e. The van der Waals surface area contributed by atoms with Crippen molar-refractivity contribution in [1.29, 1.82) is 0 Å². The summed E-state index contributed by atoms with van der Waals surface area (Å²) in [7, 11) is 1.50. The first-order valence-corrected chi connectivity index (χ1v) is 24.9. The minimum absolute atomic E-state index is 0.0119. The lowest BCUT2D eigenvalue weighted by Crippen LogP contribution is -2.30. The summed E-state index contributed by atoms with van der Waals surface area (Å²) < 4.78 is 89.4. The average molecular weight is 1390 g/mol. The maximum Gasteiger partial charge on any atom is 0.276 e. The fraction of sp³-hybridized carbons (Fsp3) is 0.204. The molecule has 6 rings (SSSR count). The molecule has 0 bridgehead atoms. The van der Waals surface area contributed by atoms with Crippen molar-refractivity contribution in [2.75, 3.05) is 62.7 Å². The van der Waals surface area contributed by atoms with Gasteiger partial charge in [0.15, 0.2) is 0 Å². The molecule has 2 unspecified atom stereocenters. The number of carbonyl (C=O) groups is 3. The zero-order valence-electron chi connectivity index (χ0n) is 39.0. The number of nitrogens with one attached hydrogen (secondary N) is 6. The Morgan fingerprint density at radius 1 is 0.467 bits per heavy atom. The van der Waals surface area contributed by atoms with E-state index in [1.165, 1.54) is 61.7 Å². The number of methoxy groups -OCH3 is 1. The van der Waals surface area contributed by atoms with Crippen molar-refractivity contribution >= 4 is 120 Å². The topological polar surface area (TPSA) is 241 Å². The quantitative estimate of drug-likeness (QED) is 0.0132. The normalized spacial score (nSPS) is 11.4. The third-order valence-electron chi connectivity index (χ3n) is 9.41. The average Bonchev–Trinajstić information content (AvgIpc) is 3.37. The monoisotopic (exact) mass is 1390 g/mol. The van der Waals surface area contributed by atoms with Crippen LogP contribution in [0.3, 0.4) is 0 Å². The van der Waals surface area contributed by atoms with E-state index < -0.39 is 78.0 Å². The van der Waals surface area contributed by atoms with Gasteiger partial charge in [0.2, 0.25) is 0 Å². The van der Waals surface area contributed by atoms with E-state index in [0.29, 0.717) is 13.7 Å². The first kappa shape index (κ1) is 62.1. The van der Waals surface area contributed by atoms with Crippen molar-refractivity contribution in [3.05, 3.63) is 171 Å². The highest BCUT2D eigenvalue weighted by atomic mass is 127. The Kier molecular flexibility index (Phi) is 26.7. The maximum absolute atomic E-state index is 14.0. The molecular weight excluding hydrogens is 1340 g/mol. The molecule has 6 aromatic rings. The van der Waals surface area contributed by atoms with Crippen LogP contribution in [0, 0.1) is 45.6 Å². The molecule has 6 aromatic carbocycles. The highest BCUT2D eigenvalue weighted by Gasteiger charge is 2.18. The van der Waals surface area contributed by atoms with Crippen LogP contribution in [0.2, 0.25) is 0 Å². The van der Waals surface area contributed by atoms with Crippen molar-refractivity contribution < 1.29 is 80.4 Å². The molecule has 0 spiro atoms. The second kappa shape index (κ2) is 32.2. The van der Waals surface area contributed by atoms with Gasteiger partial charge in [-0.3, -0.25) is 28.9 Å². The molecule has 17 nitrogen and oxygen atoms in total. The summed E-state index contributed by atoms with van der Waals surface area (Å²) in [4.78, 5) is 51.1. The van der Waals surface area contributed by atoms with E-state index in [-0.39, 0.29) is 77.1 Å². The Hall–Kier alpha value is -5.42. The molecule has 0 aliphatic heterocycles. The highest BCUT2D eigenvalue weighted by molar-refractivity contribution is 14.1. The Labute approximate surface area is 466 Å². The van der Waals surface area contributed by atoms with Gasteiger partial charge in [-0.05, 0) is 177 Å². The summed E-state index contributed by atoms with van der Waals surface area (Å²) in [6, 6.07) is 23.7. The molecule has 26 heteroatoms. The van der Waals surface area contributed by atoms with Gasteiger partial charge in [-0.15, -0.1) is 0 Å². The van der Waals surface area contributed by atoms with Gasteiger partial charge < -0.3 is 41.1 Å². The van der Waals surface area contributed by atoms with Crippen molar-refractivity contribution in [3.63, 3.8) is 0 Å². The maximum atomic E-state index is 14.0. The number of halogens is 9. The van der Waals surface area contributed by atoms with Crippen molar-refractivity contribution in [1.82, 2.24) is 16.4 Å². The van der Waals surface area contributed by atoms with Gasteiger partial charge in [0.05, 0.1) is 90.0 Å². The molecule has 0 heterocycles. The van der Waals surface area contributed by atoms with Crippen LogP contribution in [-0.2, 0) is 19.2 Å². The molecule has 402 valence electrons. The molecule has 0 aliphatic rings. The summed E-state index contributed by atoms with van der Waals surface area (Å²) >= 11 is 5.89. The molecule has 0 radical (unpaired) electrons. The number of hydroxylamine groups is 3. The minimum Gasteiger partial charge on any atom is -0.394 e. The van der Waals surface area contributed by atoms with Gasteiger partial charge in [-0.2, -0.15) is 0 Å². The van der Waals surface area contributed by atoms with Crippen LogP contribution >= 0.6 is 67.8 Å². The number of anilines is 6. The Morgan fingerprint density at radius 3 is 1.15 bits per heavy atom. The molecule has 2 atom stereocenters. The van der Waals surface area contributed by atoms with E-state index in [9.17, 15) is 45.8 Å². The lowest BCUT2D eigenvalue weighted by atomic mass is 10.1. The van der Waals surface area contributed by atoms with Gasteiger partial charge in [-0.25, -0.2) is 42.8 Å². The summed E-state index contributed by atoms with van der Waals surface area (Å²) in [6.45, 7) is -0.808. The number of benzene rings is 6. The molecule has 3 amide bonds. The largest absolute Gasteiger partial charge is 0.394 e. The third-order valence-corrected chi connectivity index (χ3v) is 11.4. The number of aliphatic hydroxyl groups is 4. The first-order chi connectivity index (χ1) is 35.8. The van der Waals surface area contributed by atoms with Gasteiger partial charge in [-0.1, -0.05) is 0 Å². The second-order valence-electron chi connectivity index (χ2n) is 15.1. The zero-order valence-corrected chi connectivity index (χ0v) is 45.5. The summed E-state index contributed by atoms with van der Waals surface area (Å²) in [5.74, 6) is -5.33. The number of rotatable bonds is 22. The molecule has 0 saturated carbocycles. The van der Waals surface area contributed by atoms with Crippen LogP contribution in [0.15, 0.2) is 109 Å². The second-order valence-corrected chi connectivity index (χ2v) is 18.8. The van der Waals surface area contributed by atoms with E-state index >= 15 is 0 Å². The lowest BCUT2D eigenvalue weighted by Gasteiger charge is -2.14. The minimum atomic E-state index is -1.15. The predicted octanol–water partition coefficient (Wildman–Crippen LogP) is 8.67. The van der Waals surface area contributed by atoms with Gasteiger partial charge >= 0.3 is 0 Å². The van der Waals surface area contributed by atoms with Crippen LogP contribution in [-0.4, -0.2) is 97.1 Å². The van der Waals surface area contributed by atoms with Crippen LogP contribution in [0.5, 0.6) is 0 Å². The van der Waals surface area contributed by atoms with Gasteiger partial charge in [0.1, 0.15) is 47.6 Å². The Morgan fingerprint density at radius 2 is 0.813 bits per heavy atom. The van der Waals surface area contributed by atoms with Crippen LogP contribution in [0.1, 0.15) is 37.5 Å². The molecular formula is C49H47F6I3N6O11. The first-order valence-electron chi connectivity index (χ1n) is 21.7. The number of ether oxygens (including phenoxy) is 1. The lowest BCUT2D eigenvalue weighted by molar-refractivity contribution is -0.0295. The molecule has 0 aromatic heterocycles. The number of hydrogen-bond acceptors (Lipinski definition) is 14. The van der Waals surface area contributed by atoms with Crippen LogP contribution < -0.4 is 32.4 Å². The summed E-state index contributed by atoms with van der Waals surface area (Å²) in [5, 5.41) is 43.8. The number of aliphatic hydroxyl groups excluding tert-OH is 4. The molecule has 0 aliphatic carbocycles. The van der Waals surface area contributed by atoms with Gasteiger partial charge in [0.25, 0.3) is 17.7 Å². The van der Waals surface area contributed by atoms with E-state index in [2.05, 4.69) is 32.4 Å². The summed E-state index contributed by atoms with van der Waals surface area (Å²) in [5.41, 5.74) is 7.18. The van der Waals surface area contributed by atoms with E-state index in [1.807, 2.05) is 67.8 Å². The third kappa shape index (κ3) is 21.3. The summed E-state index contributed by atoms with van der Waals surface area (Å²) in [6.07, 6.45) is -1.97. The zero-order chi connectivity index (χ0) is 55.0. The number of hydrogen-bond donors (Lipinski definition) is 10. The van der Waals surface area contributed by atoms with E-state index in [0.717, 1.165) is 40.0 Å². The van der Waals surface area contributed by atoms with Crippen LogP contribution in [0.25, 0.3) is 0 Å². The Balaban J connectivity index is 0.000000244. The fourth-order valence-electron chi connectivity index (χ4n) is 5.73. The molecule has 0 fully saturated rings. The van der Waals surface area contributed by atoms with E-state index in [4.69, 9.17) is 34.6 Å². The van der Waals surface area contributed by atoms with E-state index in [1.54, 1.807) is 18.2 Å². The SMILES string of the molecule is COCCONC(=O)c1ccc(F)cc1Nc1ccc(I)cc1F.O=C(NOCC(O)CO)c1ccc(F)cc1Nc1ccc(I)cc1F.O=C(NOCCC(O)CO)c1ccc(F)cc1Nc1ccc(I)cc1F. The predicted molar refractivity (Wildman–Crippen MR) is 289 cm³/mol. The van der Waals surface area contributed by atoms with Crippen molar-refractivity contribution in [2.24, 2.45) is 0 Å². The molecule has 75 heavy (non-hydrogen) atoms. The standard InChI is InChI=1S/C17H17F2IN2O4.C16H15F2IN2O4.C16H15F2IN2O3/c18-10-1-3-13(17(25)22-26-6-5-12(24)9-23)16(7-10)21-15-4-2-11(20)8-14(15)19;17-9-1-3-12(16(24)21-25-8-11(23)7-22)15(5-9)20-14-4-2-10(19)6-13(14)18;1-23-6-7-24-21-16(22)12-4-2-10(17)8-15(12)20-14-5-3-11(19)9-13(14)18/h1-4,7-8,12,21,23-24H,5-6,9H2,(H,22,25);1-6,11,20,22-23H,7-8H2,(H,21,24);2-5,8-9,20H,6-7H2,1H3,(H,21,22). The number of carbonyl (C=O) groups excluding carboxylic acids is 3. The van der Waals surface area contributed by atoms with Crippen molar-refractivity contribution in [3.8, 4) is 0 Å². The van der Waals surface area contributed by atoms with Gasteiger partial charge in [0, 0.05) is 24.2 Å². The van der Waals surface area contributed by atoms with Crippen LogP contribution in [0.4, 0.5) is 60.5 Å². The number of amides is 3. The fourth-order valence-corrected chi connectivity index (χ4v) is 7.09.